The van der Waals surface area contributed by atoms with E-state index < -0.39 is 35.5 Å². The highest BCUT2D eigenvalue weighted by atomic mass is 16.6. The van der Waals surface area contributed by atoms with E-state index in [1.165, 1.54) is 0 Å². The molecule has 6 heteroatoms. The molecule has 2 aromatic carbocycles. The summed E-state index contributed by atoms with van der Waals surface area (Å²) in [6.07, 6.45) is -0.327. The van der Waals surface area contributed by atoms with Crippen LogP contribution in [0.1, 0.15) is 29.9 Å². The van der Waals surface area contributed by atoms with Gasteiger partial charge in [-0.05, 0) is 30.4 Å². The number of hydrogen-bond donors (Lipinski definition) is 3. The molecule has 0 saturated heterocycles. The molecule has 2 aromatic rings. The number of carbonyl (C=O) groups excluding carboxylic acids is 2. The molecule has 0 bridgehead atoms. The van der Waals surface area contributed by atoms with Gasteiger partial charge < -0.3 is 20.1 Å². The zero-order chi connectivity index (χ0) is 21.5. The van der Waals surface area contributed by atoms with Crippen LogP contribution in [0.3, 0.4) is 0 Å². The van der Waals surface area contributed by atoms with Crippen molar-refractivity contribution in [3.63, 3.8) is 0 Å². The fourth-order valence-electron chi connectivity index (χ4n) is 3.95. The quantitative estimate of drug-likeness (QED) is 0.549. The fraction of sp³-hybridized carbons (Fsp3) is 0.333. The summed E-state index contributed by atoms with van der Waals surface area (Å²) < 4.78 is 5.52. The minimum absolute atomic E-state index is 0.126. The van der Waals surface area contributed by atoms with Gasteiger partial charge in [-0.25, -0.2) is 4.79 Å². The molecule has 30 heavy (non-hydrogen) atoms. The second-order valence-corrected chi connectivity index (χ2v) is 7.39. The first-order valence-corrected chi connectivity index (χ1v) is 10.1. The monoisotopic (exact) mass is 410 g/mol. The van der Waals surface area contributed by atoms with Crippen molar-refractivity contribution < 1.29 is 29.6 Å². The summed E-state index contributed by atoms with van der Waals surface area (Å²) in [5.74, 6) is -3.17. The van der Waals surface area contributed by atoms with Crippen molar-refractivity contribution in [2.24, 2.45) is 5.92 Å². The fourth-order valence-corrected chi connectivity index (χ4v) is 3.95. The third-order valence-electron chi connectivity index (χ3n) is 5.44. The molecule has 0 spiro atoms. The SMILES string of the molecule is O=C1O[C@H](C(CCO)Cc2ccccc2)C(=O)C(O)=C1C(CCO)c1ccccc1. The Balaban J connectivity index is 1.92. The van der Waals surface area contributed by atoms with Crippen LogP contribution in [0.4, 0.5) is 0 Å². The summed E-state index contributed by atoms with van der Waals surface area (Å²) in [5, 5.41) is 29.6. The highest BCUT2D eigenvalue weighted by Gasteiger charge is 2.43. The van der Waals surface area contributed by atoms with Gasteiger partial charge in [0.2, 0.25) is 5.78 Å². The smallest absolute Gasteiger partial charge is 0.339 e. The van der Waals surface area contributed by atoms with Gasteiger partial charge in [0.25, 0.3) is 0 Å². The lowest BCUT2D eigenvalue weighted by Crippen LogP contribution is -2.43. The van der Waals surface area contributed by atoms with Gasteiger partial charge in [-0.2, -0.15) is 0 Å². The van der Waals surface area contributed by atoms with Crippen molar-refractivity contribution in [1.82, 2.24) is 0 Å². The van der Waals surface area contributed by atoms with Crippen LogP contribution in [0.2, 0.25) is 0 Å². The Morgan fingerprint density at radius 3 is 2.07 bits per heavy atom. The van der Waals surface area contributed by atoms with E-state index in [9.17, 15) is 24.9 Å². The Labute approximate surface area is 175 Å². The van der Waals surface area contributed by atoms with Crippen molar-refractivity contribution >= 4 is 11.8 Å². The Bertz CT molecular complexity index is 890. The molecule has 3 rings (SSSR count). The van der Waals surface area contributed by atoms with E-state index in [2.05, 4.69) is 0 Å². The molecular formula is C24H26O6. The van der Waals surface area contributed by atoms with Gasteiger partial charge >= 0.3 is 5.97 Å². The molecule has 0 amide bonds. The number of aliphatic hydroxyl groups is 3. The van der Waals surface area contributed by atoms with E-state index in [0.717, 1.165) is 5.56 Å². The molecule has 1 aliphatic rings. The first kappa shape index (κ1) is 21.7. The van der Waals surface area contributed by atoms with Crippen LogP contribution in [-0.2, 0) is 20.7 Å². The van der Waals surface area contributed by atoms with Crippen LogP contribution in [-0.4, -0.2) is 46.4 Å². The van der Waals surface area contributed by atoms with Gasteiger partial charge in [-0.1, -0.05) is 60.7 Å². The summed E-state index contributed by atoms with van der Waals surface area (Å²) in [4.78, 5) is 25.9. The van der Waals surface area contributed by atoms with E-state index in [1.807, 2.05) is 36.4 Å². The number of rotatable bonds is 9. The molecule has 3 N–H and O–H groups in total. The maximum absolute atomic E-state index is 13.0. The predicted molar refractivity (Wildman–Crippen MR) is 111 cm³/mol. The Hall–Kier alpha value is -2.96. The predicted octanol–water partition coefficient (Wildman–Crippen LogP) is 2.70. The van der Waals surface area contributed by atoms with E-state index in [-0.39, 0.29) is 31.6 Å². The zero-order valence-electron chi connectivity index (χ0n) is 16.6. The third kappa shape index (κ3) is 4.78. The summed E-state index contributed by atoms with van der Waals surface area (Å²) in [5.41, 5.74) is 1.52. The maximum Gasteiger partial charge on any atom is 0.339 e. The van der Waals surface area contributed by atoms with E-state index >= 15 is 0 Å². The molecule has 0 aliphatic carbocycles. The molecule has 6 nitrogen and oxygen atoms in total. The summed E-state index contributed by atoms with van der Waals surface area (Å²) in [6, 6.07) is 18.3. The minimum Gasteiger partial charge on any atom is -0.504 e. The largest absolute Gasteiger partial charge is 0.504 e. The maximum atomic E-state index is 13.0. The van der Waals surface area contributed by atoms with Crippen LogP contribution in [0, 0.1) is 5.92 Å². The number of aliphatic hydroxyl groups excluding tert-OH is 3. The molecule has 0 fully saturated rings. The third-order valence-corrected chi connectivity index (χ3v) is 5.44. The molecular weight excluding hydrogens is 384 g/mol. The lowest BCUT2D eigenvalue weighted by Gasteiger charge is -2.31. The first-order valence-electron chi connectivity index (χ1n) is 10.1. The van der Waals surface area contributed by atoms with Gasteiger partial charge in [-0.3, -0.25) is 4.79 Å². The van der Waals surface area contributed by atoms with Gasteiger partial charge in [-0.15, -0.1) is 0 Å². The van der Waals surface area contributed by atoms with Gasteiger partial charge in [0.15, 0.2) is 11.9 Å². The summed E-state index contributed by atoms with van der Waals surface area (Å²) >= 11 is 0. The lowest BCUT2D eigenvalue weighted by atomic mass is 9.82. The molecule has 0 saturated carbocycles. The molecule has 2 unspecified atom stereocenters. The molecule has 158 valence electrons. The Kier molecular flexibility index (Phi) is 7.38. The van der Waals surface area contributed by atoms with Crippen molar-refractivity contribution in [2.75, 3.05) is 13.2 Å². The van der Waals surface area contributed by atoms with Crippen molar-refractivity contribution in [2.45, 2.75) is 31.3 Å². The number of cyclic esters (lactones) is 1. The highest BCUT2D eigenvalue weighted by Crippen LogP contribution is 2.35. The first-order chi connectivity index (χ1) is 14.6. The number of hydrogen-bond acceptors (Lipinski definition) is 6. The number of benzene rings is 2. The number of ketones is 1. The summed E-state index contributed by atoms with van der Waals surface area (Å²) in [7, 11) is 0. The second-order valence-electron chi connectivity index (χ2n) is 7.39. The normalized spacial score (nSPS) is 18.8. The molecule has 0 aromatic heterocycles. The van der Waals surface area contributed by atoms with E-state index in [0.29, 0.717) is 12.0 Å². The Morgan fingerprint density at radius 1 is 0.867 bits per heavy atom. The topological polar surface area (TPSA) is 104 Å². The van der Waals surface area contributed by atoms with Gasteiger partial charge in [0, 0.05) is 25.0 Å². The van der Waals surface area contributed by atoms with Crippen LogP contribution in [0.25, 0.3) is 0 Å². The van der Waals surface area contributed by atoms with Crippen molar-refractivity contribution in [3.8, 4) is 0 Å². The van der Waals surface area contributed by atoms with Crippen LogP contribution in [0.15, 0.2) is 72.0 Å². The minimum atomic E-state index is -1.17. The lowest BCUT2D eigenvalue weighted by molar-refractivity contribution is -0.158. The number of carbonyl (C=O) groups is 2. The summed E-state index contributed by atoms with van der Waals surface area (Å²) in [6.45, 7) is -0.393. The Morgan fingerprint density at radius 2 is 1.47 bits per heavy atom. The molecule has 3 atom stereocenters. The molecule has 0 radical (unpaired) electrons. The number of Topliss-reactive ketones (excluding diaryl/α,β-unsaturated/α-hetero) is 1. The zero-order valence-corrected chi connectivity index (χ0v) is 16.6. The van der Waals surface area contributed by atoms with Crippen LogP contribution >= 0.6 is 0 Å². The van der Waals surface area contributed by atoms with Crippen molar-refractivity contribution in [3.05, 3.63) is 83.1 Å². The van der Waals surface area contributed by atoms with Crippen LogP contribution in [0.5, 0.6) is 0 Å². The van der Waals surface area contributed by atoms with E-state index in [1.54, 1.807) is 24.3 Å². The second kappa shape index (κ2) is 10.2. The standard InChI is InChI=1S/C24H26O6/c25-13-11-18(15-16-7-3-1-4-8-16)23-22(28)21(27)20(24(29)30-23)19(12-14-26)17-9-5-2-6-10-17/h1-10,18-19,23,25-27H,11-15H2/t18?,19?,23-/m1/s1. The molecule has 1 heterocycles. The average molecular weight is 410 g/mol. The molecule has 1 aliphatic heterocycles. The number of ether oxygens (including phenoxy) is 1. The van der Waals surface area contributed by atoms with E-state index in [4.69, 9.17) is 4.74 Å². The highest BCUT2D eigenvalue weighted by molar-refractivity contribution is 6.09. The average Bonchev–Trinajstić information content (AvgIpc) is 2.77. The van der Waals surface area contributed by atoms with Crippen LogP contribution < -0.4 is 0 Å². The number of esters is 1. The van der Waals surface area contributed by atoms with Gasteiger partial charge in [0.05, 0.1) is 5.57 Å². The van der Waals surface area contributed by atoms with Crippen molar-refractivity contribution in [1.29, 1.82) is 0 Å². The van der Waals surface area contributed by atoms with Gasteiger partial charge in [0.1, 0.15) is 0 Å².